The topological polar surface area (TPSA) is 89.7 Å². The summed E-state index contributed by atoms with van der Waals surface area (Å²) in [4.78, 5) is 20.3. The highest BCUT2D eigenvalue weighted by Crippen LogP contribution is 2.12. The lowest BCUT2D eigenvalue weighted by Crippen LogP contribution is -2.19. The molecule has 1 atom stereocenters. The van der Waals surface area contributed by atoms with Crippen molar-refractivity contribution in [2.45, 2.75) is 19.6 Å². The quantitative estimate of drug-likeness (QED) is 0.607. The maximum Gasteiger partial charge on any atom is 0.332 e. The summed E-state index contributed by atoms with van der Waals surface area (Å²) in [5, 5.41) is 18.9. The van der Waals surface area contributed by atoms with Crippen LogP contribution in [0.4, 0.5) is 5.69 Å². The number of carbonyl (C=O) groups is 1. The molecular formula is C10H11NO5. The first-order valence-corrected chi connectivity index (χ1v) is 4.58. The molecule has 0 spiro atoms. The number of carboxylic acid groups (broad SMARTS) is 1. The van der Waals surface area contributed by atoms with Crippen molar-refractivity contribution in [3.05, 3.63) is 39.9 Å². The molecule has 86 valence electrons. The second-order valence-electron chi connectivity index (χ2n) is 3.22. The lowest BCUT2D eigenvalue weighted by Gasteiger charge is -2.07. The number of rotatable bonds is 5. The molecule has 0 aliphatic carbocycles. The van der Waals surface area contributed by atoms with Crippen molar-refractivity contribution in [1.29, 1.82) is 0 Å². The first-order valence-electron chi connectivity index (χ1n) is 4.58. The van der Waals surface area contributed by atoms with Crippen molar-refractivity contribution >= 4 is 11.7 Å². The summed E-state index contributed by atoms with van der Waals surface area (Å²) in [5.74, 6) is -1.04. The van der Waals surface area contributed by atoms with Crippen molar-refractivity contribution in [3.63, 3.8) is 0 Å². The van der Waals surface area contributed by atoms with Crippen molar-refractivity contribution in [3.8, 4) is 0 Å². The first kappa shape index (κ1) is 12.1. The predicted octanol–water partition coefficient (Wildman–Crippen LogP) is 1.58. The number of benzene rings is 1. The summed E-state index contributed by atoms with van der Waals surface area (Å²) in [7, 11) is 0. The molecule has 1 aromatic rings. The molecule has 0 aliphatic heterocycles. The third kappa shape index (κ3) is 3.32. The van der Waals surface area contributed by atoms with E-state index in [2.05, 4.69) is 0 Å². The van der Waals surface area contributed by atoms with Gasteiger partial charge in [-0.3, -0.25) is 10.1 Å². The monoisotopic (exact) mass is 225 g/mol. The molecule has 0 saturated carbocycles. The Bertz CT molecular complexity index is 387. The largest absolute Gasteiger partial charge is 0.479 e. The molecule has 0 saturated heterocycles. The lowest BCUT2D eigenvalue weighted by atomic mass is 10.2. The fraction of sp³-hybridized carbons (Fsp3) is 0.300. The first-order chi connectivity index (χ1) is 7.50. The second kappa shape index (κ2) is 5.22. The maximum atomic E-state index is 10.4. The number of hydrogen-bond donors (Lipinski definition) is 1. The van der Waals surface area contributed by atoms with Gasteiger partial charge in [0.05, 0.1) is 11.5 Å². The Morgan fingerprint density at radius 3 is 2.50 bits per heavy atom. The number of ether oxygens (including phenoxy) is 1. The molecule has 0 fully saturated rings. The van der Waals surface area contributed by atoms with Gasteiger partial charge in [-0.2, -0.15) is 0 Å². The maximum absolute atomic E-state index is 10.4. The Balaban J connectivity index is 2.56. The van der Waals surface area contributed by atoms with Gasteiger partial charge in [-0.25, -0.2) is 4.79 Å². The Hall–Kier alpha value is -1.95. The van der Waals surface area contributed by atoms with E-state index in [-0.39, 0.29) is 12.3 Å². The highest BCUT2D eigenvalue weighted by atomic mass is 16.6. The fourth-order valence-electron chi connectivity index (χ4n) is 1.01. The van der Waals surface area contributed by atoms with Gasteiger partial charge in [-0.1, -0.05) is 0 Å². The number of hydrogen-bond acceptors (Lipinski definition) is 4. The Labute approximate surface area is 91.6 Å². The van der Waals surface area contributed by atoms with Gasteiger partial charge < -0.3 is 9.84 Å². The van der Waals surface area contributed by atoms with E-state index in [1.54, 1.807) is 0 Å². The van der Waals surface area contributed by atoms with Crippen molar-refractivity contribution in [1.82, 2.24) is 0 Å². The van der Waals surface area contributed by atoms with E-state index < -0.39 is 17.0 Å². The molecule has 1 aromatic carbocycles. The molecule has 6 heteroatoms. The van der Waals surface area contributed by atoms with Crippen LogP contribution in [-0.2, 0) is 16.1 Å². The number of non-ortho nitro benzene ring substituents is 1. The summed E-state index contributed by atoms with van der Waals surface area (Å²) in [6.07, 6.45) is -0.893. The highest BCUT2D eigenvalue weighted by molar-refractivity contribution is 5.71. The number of nitro benzene ring substituents is 1. The number of nitrogens with zero attached hydrogens (tertiary/aromatic N) is 1. The van der Waals surface area contributed by atoms with Crippen LogP contribution < -0.4 is 0 Å². The molecule has 1 rings (SSSR count). The molecule has 6 nitrogen and oxygen atoms in total. The van der Waals surface area contributed by atoms with E-state index in [4.69, 9.17) is 9.84 Å². The van der Waals surface area contributed by atoms with Crippen LogP contribution in [0, 0.1) is 10.1 Å². The minimum absolute atomic E-state index is 0.00460. The third-order valence-electron chi connectivity index (χ3n) is 1.99. The van der Waals surface area contributed by atoms with Crippen LogP contribution in [0.1, 0.15) is 12.5 Å². The molecule has 0 heterocycles. The Morgan fingerprint density at radius 2 is 2.06 bits per heavy atom. The lowest BCUT2D eigenvalue weighted by molar-refractivity contribution is -0.384. The summed E-state index contributed by atoms with van der Waals surface area (Å²) in [6, 6.07) is 5.77. The molecule has 0 bridgehead atoms. The van der Waals surface area contributed by atoms with E-state index in [0.29, 0.717) is 5.56 Å². The van der Waals surface area contributed by atoms with Crippen LogP contribution in [0.2, 0.25) is 0 Å². The van der Waals surface area contributed by atoms with E-state index in [0.717, 1.165) is 0 Å². The van der Waals surface area contributed by atoms with Crippen LogP contribution in [0.5, 0.6) is 0 Å². The van der Waals surface area contributed by atoms with Crippen LogP contribution in [0.3, 0.4) is 0 Å². The average Bonchev–Trinajstić information content (AvgIpc) is 2.26. The van der Waals surface area contributed by atoms with Gasteiger partial charge in [0, 0.05) is 12.1 Å². The summed E-state index contributed by atoms with van der Waals surface area (Å²) >= 11 is 0. The van der Waals surface area contributed by atoms with Gasteiger partial charge in [0.2, 0.25) is 0 Å². The fourth-order valence-corrected chi connectivity index (χ4v) is 1.01. The minimum Gasteiger partial charge on any atom is -0.479 e. The molecule has 16 heavy (non-hydrogen) atoms. The zero-order valence-corrected chi connectivity index (χ0v) is 8.62. The van der Waals surface area contributed by atoms with Crippen LogP contribution >= 0.6 is 0 Å². The van der Waals surface area contributed by atoms with Gasteiger partial charge in [0.1, 0.15) is 0 Å². The van der Waals surface area contributed by atoms with Crippen LogP contribution in [-0.4, -0.2) is 22.1 Å². The highest BCUT2D eigenvalue weighted by Gasteiger charge is 2.11. The molecular weight excluding hydrogens is 214 g/mol. The number of nitro groups is 1. The zero-order valence-electron chi connectivity index (χ0n) is 8.62. The van der Waals surface area contributed by atoms with Crippen LogP contribution in [0.25, 0.3) is 0 Å². The van der Waals surface area contributed by atoms with E-state index >= 15 is 0 Å². The van der Waals surface area contributed by atoms with Gasteiger partial charge in [0.15, 0.2) is 6.10 Å². The molecule has 1 N–H and O–H groups in total. The third-order valence-corrected chi connectivity index (χ3v) is 1.99. The molecule has 0 amide bonds. The van der Waals surface area contributed by atoms with Crippen LogP contribution in [0.15, 0.2) is 24.3 Å². The van der Waals surface area contributed by atoms with E-state index in [1.807, 2.05) is 0 Å². The Morgan fingerprint density at radius 1 is 1.50 bits per heavy atom. The van der Waals surface area contributed by atoms with Crippen molar-refractivity contribution in [2.24, 2.45) is 0 Å². The molecule has 0 unspecified atom stereocenters. The predicted molar refractivity (Wildman–Crippen MR) is 55.0 cm³/mol. The summed E-state index contributed by atoms with van der Waals surface area (Å²) in [5.41, 5.74) is 0.689. The standard InChI is InChI=1S/C10H11NO5/c1-7(10(12)13)16-6-8-2-4-9(5-3-8)11(14)15/h2-5,7H,6H2,1H3,(H,12,13)/t7-/m0/s1. The minimum atomic E-state index is -1.04. The number of carboxylic acids is 1. The number of aliphatic carboxylic acids is 1. The second-order valence-corrected chi connectivity index (χ2v) is 3.22. The smallest absolute Gasteiger partial charge is 0.332 e. The normalized spacial score (nSPS) is 12.1. The zero-order chi connectivity index (χ0) is 12.1. The molecule has 0 radical (unpaired) electrons. The Kier molecular flexibility index (Phi) is 3.96. The molecule has 0 aliphatic rings. The molecule has 0 aromatic heterocycles. The summed E-state index contributed by atoms with van der Waals surface area (Å²) in [6.45, 7) is 1.54. The average molecular weight is 225 g/mol. The SMILES string of the molecule is C[C@H](OCc1ccc([N+](=O)[O-])cc1)C(=O)O. The van der Waals surface area contributed by atoms with Gasteiger partial charge in [-0.05, 0) is 24.6 Å². The summed E-state index contributed by atoms with van der Waals surface area (Å²) < 4.78 is 5.02. The van der Waals surface area contributed by atoms with Gasteiger partial charge in [0.25, 0.3) is 5.69 Å². The van der Waals surface area contributed by atoms with E-state index in [9.17, 15) is 14.9 Å². The van der Waals surface area contributed by atoms with Crippen molar-refractivity contribution < 1.29 is 19.6 Å². The van der Waals surface area contributed by atoms with E-state index in [1.165, 1.54) is 31.2 Å². The van der Waals surface area contributed by atoms with Crippen molar-refractivity contribution in [2.75, 3.05) is 0 Å². The van der Waals surface area contributed by atoms with Gasteiger partial charge >= 0.3 is 5.97 Å². The van der Waals surface area contributed by atoms with Gasteiger partial charge in [-0.15, -0.1) is 0 Å².